The van der Waals surface area contributed by atoms with Crippen LogP contribution in [0, 0.1) is 6.92 Å². The summed E-state index contributed by atoms with van der Waals surface area (Å²) >= 11 is 0. The normalized spacial score (nSPS) is 16.6. The van der Waals surface area contributed by atoms with Crippen LogP contribution in [0.5, 0.6) is 5.75 Å². The summed E-state index contributed by atoms with van der Waals surface area (Å²) in [5.74, 6) is 0.919. The summed E-state index contributed by atoms with van der Waals surface area (Å²) in [4.78, 5) is 0. The lowest BCUT2D eigenvalue weighted by atomic mass is 9.96. The zero-order valence-electron chi connectivity index (χ0n) is 11.1. The Labute approximate surface area is 109 Å². The van der Waals surface area contributed by atoms with E-state index in [9.17, 15) is 5.11 Å². The van der Waals surface area contributed by atoms with Gasteiger partial charge in [-0.15, -0.1) is 0 Å². The summed E-state index contributed by atoms with van der Waals surface area (Å²) in [7, 11) is 0. The second kappa shape index (κ2) is 6.21. The summed E-state index contributed by atoms with van der Waals surface area (Å²) in [6.07, 6.45) is 4.38. The molecule has 0 spiro atoms. The molecular formula is C15H23NO2. The van der Waals surface area contributed by atoms with Crippen LogP contribution in [0.15, 0.2) is 12.1 Å². The molecule has 1 aromatic carbocycles. The number of nitrogens with two attached hydrogens (primary N) is 1. The van der Waals surface area contributed by atoms with Gasteiger partial charge in [-0.3, -0.25) is 0 Å². The average molecular weight is 249 g/mol. The van der Waals surface area contributed by atoms with Crippen LogP contribution in [0.4, 0.5) is 0 Å². The Hall–Kier alpha value is -1.06. The molecule has 1 aliphatic heterocycles. The van der Waals surface area contributed by atoms with Gasteiger partial charge in [0, 0.05) is 5.56 Å². The monoisotopic (exact) mass is 249 g/mol. The molecule has 3 nitrogen and oxygen atoms in total. The zero-order valence-corrected chi connectivity index (χ0v) is 11.1. The first-order valence-electron chi connectivity index (χ1n) is 6.86. The van der Waals surface area contributed by atoms with Crippen LogP contribution in [0.25, 0.3) is 0 Å². The van der Waals surface area contributed by atoms with Crippen molar-refractivity contribution in [2.75, 3.05) is 13.2 Å². The van der Waals surface area contributed by atoms with E-state index in [4.69, 9.17) is 10.5 Å². The van der Waals surface area contributed by atoms with Gasteiger partial charge in [-0.1, -0.05) is 11.6 Å². The highest BCUT2D eigenvalue weighted by atomic mass is 16.5. The van der Waals surface area contributed by atoms with E-state index in [0.29, 0.717) is 13.0 Å². The van der Waals surface area contributed by atoms with E-state index in [0.717, 1.165) is 43.6 Å². The molecule has 0 saturated heterocycles. The van der Waals surface area contributed by atoms with Crippen molar-refractivity contribution >= 4 is 0 Å². The molecule has 0 saturated carbocycles. The highest BCUT2D eigenvalue weighted by Gasteiger charge is 2.19. The van der Waals surface area contributed by atoms with E-state index in [1.807, 2.05) is 6.07 Å². The van der Waals surface area contributed by atoms with E-state index in [-0.39, 0.29) is 0 Å². The van der Waals surface area contributed by atoms with Gasteiger partial charge < -0.3 is 15.6 Å². The third-order valence-electron chi connectivity index (χ3n) is 3.47. The third kappa shape index (κ3) is 3.03. The third-order valence-corrected chi connectivity index (χ3v) is 3.47. The summed E-state index contributed by atoms with van der Waals surface area (Å²) in [5, 5.41) is 10.3. The van der Waals surface area contributed by atoms with Gasteiger partial charge in [-0.25, -0.2) is 0 Å². The molecule has 0 aromatic heterocycles. The number of benzene rings is 1. The maximum Gasteiger partial charge on any atom is 0.128 e. The first-order chi connectivity index (χ1) is 8.72. The first-order valence-corrected chi connectivity index (χ1v) is 6.86. The lowest BCUT2D eigenvalue weighted by Gasteiger charge is -2.18. The highest BCUT2D eigenvalue weighted by Crippen LogP contribution is 2.35. The van der Waals surface area contributed by atoms with Gasteiger partial charge in [0.1, 0.15) is 5.75 Å². The topological polar surface area (TPSA) is 55.5 Å². The number of ether oxygens (including phenoxy) is 1. The molecule has 0 radical (unpaired) electrons. The van der Waals surface area contributed by atoms with Crippen molar-refractivity contribution in [3.8, 4) is 5.75 Å². The van der Waals surface area contributed by atoms with E-state index in [1.165, 1.54) is 11.1 Å². The molecule has 0 fully saturated rings. The summed E-state index contributed by atoms with van der Waals surface area (Å²) in [5.41, 5.74) is 8.89. The number of hydrogen-bond acceptors (Lipinski definition) is 3. The largest absolute Gasteiger partial charge is 0.493 e. The van der Waals surface area contributed by atoms with Gasteiger partial charge >= 0.3 is 0 Å². The minimum absolute atomic E-state index is 0.458. The predicted molar refractivity (Wildman–Crippen MR) is 72.9 cm³/mol. The van der Waals surface area contributed by atoms with Gasteiger partial charge in [0.2, 0.25) is 0 Å². The van der Waals surface area contributed by atoms with Gasteiger partial charge in [0.05, 0.1) is 12.7 Å². The Bertz CT molecular complexity index is 404. The summed E-state index contributed by atoms with van der Waals surface area (Å²) in [6.45, 7) is 3.45. The Morgan fingerprint density at radius 1 is 1.39 bits per heavy atom. The second-order valence-electron chi connectivity index (χ2n) is 5.09. The standard InChI is InChI=1S/C15H23NO2/c1-11-9-12-5-2-3-8-18-15(12)13(10-11)14(17)6-4-7-16/h9-10,14,17H,2-8,16H2,1H3. The molecule has 1 heterocycles. The lowest BCUT2D eigenvalue weighted by Crippen LogP contribution is -2.07. The van der Waals surface area contributed by atoms with Crippen LogP contribution in [0.3, 0.4) is 0 Å². The fourth-order valence-corrected chi connectivity index (χ4v) is 2.55. The predicted octanol–water partition coefficient (Wildman–Crippen LogP) is 2.48. The van der Waals surface area contributed by atoms with Crippen molar-refractivity contribution in [1.29, 1.82) is 0 Å². The van der Waals surface area contributed by atoms with Crippen molar-refractivity contribution in [3.05, 3.63) is 28.8 Å². The molecule has 1 atom stereocenters. The number of aryl methyl sites for hydroxylation is 2. The number of aliphatic hydroxyl groups is 1. The van der Waals surface area contributed by atoms with E-state index >= 15 is 0 Å². The highest BCUT2D eigenvalue weighted by molar-refractivity contribution is 5.46. The van der Waals surface area contributed by atoms with Gasteiger partial charge in [0.25, 0.3) is 0 Å². The van der Waals surface area contributed by atoms with Crippen LogP contribution in [-0.4, -0.2) is 18.3 Å². The number of rotatable bonds is 4. The zero-order chi connectivity index (χ0) is 13.0. The SMILES string of the molecule is Cc1cc2c(c(C(O)CCCN)c1)OCCCC2. The van der Waals surface area contributed by atoms with Crippen molar-refractivity contribution in [3.63, 3.8) is 0 Å². The minimum Gasteiger partial charge on any atom is -0.493 e. The number of fused-ring (bicyclic) bond motifs is 1. The van der Waals surface area contributed by atoms with Crippen LogP contribution < -0.4 is 10.5 Å². The molecule has 0 amide bonds. The van der Waals surface area contributed by atoms with Crippen LogP contribution in [-0.2, 0) is 6.42 Å². The molecule has 3 N–H and O–H groups in total. The molecule has 1 unspecified atom stereocenters. The molecule has 2 rings (SSSR count). The Kier molecular flexibility index (Phi) is 4.61. The summed E-state index contributed by atoms with van der Waals surface area (Å²) in [6, 6.07) is 4.23. The van der Waals surface area contributed by atoms with Gasteiger partial charge in [0.15, 0.2) is 0 Å². The molecule has 0 aliphatic carbocycles. The molecule has 1 aromatic rings. The molecule has 3 heteroatoms. The van der Waals surface area contributed by atoms with Crippen LogP contribution in [0.1, 0.15) is 48.5 Å². The molecule has 100 valence electrons. The number of hydrogen-bond donors (Lipinski definition) is 2. The van der Waals surface area contributed by atoms with Gasteiger partial charge in [-0.2, -0.15) is 0 Å². The first kappa shape index (κ1) is 13.4. The Balaban J connectivity index is 2.30. The summed E-state index contributed by atoms with van der Waals surface area (Å²) < 4.78 is 5.84. The van der Waals surface area contributed by atoms with E-state index in [2.05, 4.69) is 13.0 Å². The van der Waals surface area contributed by atoms with Crippen molar-refractivity contribution in [1.82, 2.24) is 0 Å². The maximum absolute atomic E-state index is 10.3. The van der Waals surface area contributed by atoms with Crippen LogP contribution in [0.2, 0.25) is 0 Å². The second-order valence-corrected chi connectivity index (χ2v) is 5.09. The van der Waals surface area contributed by atoms with E-state index < -0.39 is 6.10 Å². The average Bonchev–Trinajstić information content (AvgIpc) is 2.59. The van der Waals surface area contributed by atoms with E-state index in [1.54, 1.807) is 0 Å². The fraction of sp³-hybridized carbons (Fsp3) is 0.600. The van der Waals surface area contributed by atoms with Gasteiger partial charge in [-0.05, 0) is 57.2 Å². The maximum atomic E-state index is 10.3. The van der Waals surface area contributed by atoms with Crippen LogP contribution >= 0.6 is 0 Å². The van der Waals surface area contributed by atoms with Crippen molar-refractivity contribution < 1.29 is 9.84 Å². The molecular weight excluding hydrogens is 226 g/mol. The fourth-order valence-electron chi connectivity index (χ4n) is 2.55. The lowest BCUT2D eigenvalue weighted by molar-refractivity contribution is 0.159. The molecule has 0 bridgehead atoms. The Morgan fingerprint density at radius 3 is 3.00 bits per heavy atom. The number of aliphatic hydroxyl groups excluding tert-OH is 1. The quantitative estimate of drug-likeness (QED) is 0.862. The van der Waals surface area contributed by atoms with Crippen molar-refractivity contribution in [2.45, 2.75) is 45.1 Å². The molecule has 18 heavy (non-hydrogen) atoms. The minimum atomic E-state index is -0.458. The Morgan fingerprint density at radius 2 is 2.22 bits per heavy atom. The molecule has 1 aliphatic rings. The van der Waals surface area contributed by atoms with Crippen molar-refractivity contribution in [2.24, 2.45) is 5.73 Å². The smallest absolute Gasteiger partial charge is 0.128 e.